The average Bonchev–Trinajstić information content (AvgIpc) is 2.57. The van der Waals surface area contributed by atoms with Gasteiger partial charge in [0.2, 0.25) is 0 Å². The van der Waals surface area contributed by atoms with E-state index in [0.29, 0.717) is 32.7 Å². The Bertz CT molecular complexity index is 330. The monoisotopic (exact) mass is 278 g/mol. The molecule has 0 aromatic rings. The topological polar surface area (TPSA) is 69.9 Å². The van der Waals surface area contributed by atoms with Crippen molar-refractivity contribution in [3.05, 3.63) is 0 Å². The third kappa shape index (κ3) is 3.89. The summed E-state index contributed by atoms with van der Waals surface area (Å²) in [7, 11) is -3.28. The van der Waals surface area contributed by atoms with E-state index in [2.05, 4.69) is 4.90 Å². The van der Waals surface area contributed by atoms with Crippen molar-refractivity contribution in [1.29, 1.82) is 0 Å². The third-order valence-corrected chi connectivity index (χ3v) is 5.54. The number of hydrogen-bond acceptors (Lipinski definition) is 4. The van der Waals surface area contributed by atoms with Gasteiger partial charge in [0.15, 0.2) is 0 Å². The lowest BCUT2D eigenvalue weighted by atomic mass is 10.4. The molecule has 0 bridgehead atoms. The fourth-order valence-electron chi connectivity index (χ4n) is 2.30. The van der Waals surface area contributed by atoms with Gasteiger partial charge in [0.25, 0.3) is 10.2 Å². The average molecular weight is 278 g/mol. The van der Waals surface area contributed by atoms with Crippen LogP contribution in [0, 0.1) is 0 Å². The number of rotatable bonds is 6. The molecule has 1 rings (SSSR count). The van der Waals surface area contributed by atoms with Crippen LogP contribution in [0.5, 0.6) is 0 Å². The Morgan fingerprint density at radius 2 is 1.78 bits per heavy atom. The SMILES string of the molecule is CCN(CC)S(=O)(=O)N1CCCN(CCN)CC1. The summed E-state index contributed by atoms with van der Waals surface area (Å²) in [4.78, 5) is 2.23. The van der Waals surface area contributed by atoms with E-state index in [1.807, 2.05) is 13.8 Å². The summed E-state index contributed by atoms with van der Waals surface area (Å²) in [5.41, 5.74) is 5.54. The van der Waals surface area contributed by atoms with Crippen molar-refractivity contribution < 1.29 is 8.42 Å². The van der Waals surface area contributed by atoms with Gasteiger partial charge in [-0.2, -0.15) is 17.0 Å². The molecule has 108 valence electrons. The van der Waals surface area contributed by atoms with Crippen LogP contribution in [0.4, 0.5) is 0 Å². The minimum Gasteiger partial charge on any atom is -0.329 e. The number of nitrogens with two attached hydrogens (primary N) is 1. The molecule has 0 aromatic heterocycles. The van der Waals surface area contributed by atoms with Gasteiger partial charge in [-0.3, -0.25) is 0 Å². The van der Waals surface area contributed by atoms with Crippen molar-refractivity contribution in [3.63, 3.8) is 0 Å². The summed E-state index contributed by atoms with van der Waals surface area (Å²) in [6.45, 7) is 9.17. The Morgan fingerprint density at radius 1 is 1.11 bits per heavy atom. The number of hydrogen-bond donors (Lipinski definition) is 1. The lowest BCUT2D eigenvalue weighted by Crippen LogP contribution is -2.45. The molecule has 1 saturated heterocycles. The predicted molar refractivity (Wildman–Crippen MR) is 73.5 cm³/mol. The van der Waals surface area contributed by atoms with Crippen LogP contribution in [-0.4, -0.2) is 74.3 Å². The lowest BCUT2D eigenvalue weighted by molar-refractivity contribution is 0.291. The summed E-state index contributed by atoms with van der Waals surface area (Å²) < 4.78 is 27.9. The highest BCUT2D eigenvalue weighted by molar-refractivity contribution is 7.86. The first kappa shape index (κ1) is 15.8. The van der Waals surface area contributed by atoms with E-state index < -0.39 is 10.2 Å². The zero-order valence-electron chi connectivity index (χ0n) is 11.5. The smallest absolute Gasteiger partial charge is 0.281 e. The van der Waals surface area contributed by atoms with Crippen LogP contribution < -0.4 is 5.73 Å². The van der Waals surface area contributed by atoms with E-state index in [-0.39, 0.29) is 0 Å². The Morgan fingerprint density at radius 3 is 2.33 bits per heavy atom. The highest BCUT2D eigenvalue weighted by Crippen LogP contribution is 2.12. The third-order valence-electron chi connectivity index (χ3n) is 3.35. The van der Waals surface area contributed by atoms with Crippen LogP contribution in [0.25, 0.3) is 0 Å². The van der Waals surface area contributed by atoms with E-state index in [0.717, 1.165) is 26.1 Å². The molecule has 0 aromatic carbocycles. The summed E-state index contributed by atoms with van der Waals surface area (Å²) in [5.74, 6) is 0. The molecular weight excluding hydrogens is 252 g/mol. The normalized spacial score (nSPS) is 20.2. The first-order valence-corrected chi connectivity index (χ1v) is 8.13. The van der Waals surface area contributed by atoms with E-state index in [1.165, 1.54) is 4.31 Å². The zero-order valence-corrected chi connectivity index (χ0v) is 12.3. The largest absolute Gasteiger partial charge is 0.329 e. The molecule has 7 heteroatoms. The Hall–Kier alpha value is -0.210. The summed E-state index contributed by atoms with van der Waals surface area (Å²) >= 11 is 0. The summed E-state index contributed by atoms with van der Waals surface area (Å²) in [5, 5.41) is 0. The molecule has 1 heterocycles. The Balaban J connectivity index is 2.67. The first-order chi connectivity index (χ1) is 8.56. The predicted octanol–water partition coefficient (Wildman–Crippen LogP) is -0.461. The van der Waals surface area contributed by atoms with Crippen molar-refractivity contribution in [2.75, 3.05) is 52.4 Å². The summed E-state index contributed by atoms with van der Waals surface area (Å²) in [6, 6.07) is 0. The molecule has 0 unspecified atom stereocenters. The second-order valence-electron chi connectivity index (χ2n) is 4.47. The maximum absolute atomic E-state index is 12.4. The molecule has 1 fully saturated rings. The molecule has 18 heavy (non-hydrogen) atoms. The van der Waals surface area contributed by atoms with Crippen molar-refractivity contribution in [1.82, 2.24) is 13.5 Å². The van der Waals surface area contributed by atoms with Crippen LogP contribution in [0.2, 0.25) is 0 Å². The van der Waals surface area contributed by atoms with E-state index in [9.17, 15) is 8.42 Å². The van der Waals surface area contributed by atoms with Gasteiger partial charge in [0.05, 0.1) is 0 Å². The Kier molecular flexibility index (Phi) is 6.51. The first-order valence-electron chi connectivity index (χ1n) is 6.73. The second kappa shape index (κ2) is 7.40. The Labute approximate surface area is 111 Å². The number of nitrogens with zero attached hydrogens (tertiary/aromatic N) is 3. The fourth-order valence-corrected chi connectivity index (χ4v) is 3.95. The van der Waals surface area contributed by atoms with Crippen LogP contribution in [0.3, 0.4) is 0 Å². The molecule has 0 saturated carbocycles. The zero-order chi connectivity index (χ0) is 13.6. The van der Waals surface area contributed by atoms with Gasteiger partial charge >= 0.3 is 0 Å². The molecule has 1 aliphatic heterocycles. The second-order valence-corrected chi connectivity index (χ2v) is 6.40. The molecule has 1 aliphatic rings. The van der Waals surface area contributed by atoms with Crippen LogP contribution in [-0.2, 0) is 10.2 Å². The maximum Gasteiger partial charge on any atom is 0.281 e. The molecule has 0 amide bonds. The standard InChI is InChI=1S/C11H26N4O2S/c1-3-14(4-2)18(16,17)15-8-5-7-13(9-6-12)10-11-15/h3-12H2,1-2H3. The van der Waals surface area contributed by atoms with Gasteiger partial charge < -0.3 is 10.6 Å². The maximum atomic E-state index is 12.4. The molecule has 6 nitrogen and oxygen atoms in total. The molecule has 0 aliphatic carbocycles. The lowest BCUT2D eigenvalue weighted by Gasteiger charge is -2.27. The minimum absolute atomic E-state index is 0.530. The van der Waals surface area contributed by atoms with Crippen LogP contribution in [0.15, 0.2) is 0 Å². The summed E-state index contributed by atoms with van der Waals surface area (Å²) in [6.07, 6.45) is 0.875. The molecular formula is C11H26N4O2S. The minimum atomic E-state index is -3.28. The van der Waals surface area contributed by atoms with Gasteiger partial charge in [-0.1, -0.05) is 13.8 Å². The van der Waals surface area contributed by atoms with E-state index >= 15 is 0 Å². The van der Waals surface area contributed by atoms with Gasteiger partial charge in [0.1, 0.15) is 0 Å². The van der Waals surface area contributed by atoms with Crippen LogP contribution >= 0.6 is 0 Å². The van der Waals surface area contributed by atoms with E-state index in [1.54, 1.807) is 4.31 Å². The van der Waals surface area contributed by atoms with Gasteiger partial charge in [-0.25, -0.2) is 0 Å². The van der Waals surface area contributed by atoms with E-state index in [4.69, 9.17) is 5.73 Å². The van der Waals surface area contributed by atoms with Gasteiger partial charge in [-0.05, 0) is 13.0 Å². The molecule has 2 N–H and O–H groups in total. The van der Waals surface area contributed by atoms with Crippen molar-refractivity contribution in [3.8, 4) is 0 Å². The van der Waals surface area contributed by atoms with Crippen molar-refractivity contribution in [2.24, 2.45) is 5.73 Å². The van der Waals surface area contributed by atoms with Crippen LogP contribution in [0.1, 0.15) is 20.3 Å². The highest BCUT2D eigenvalue weighted by atomic mass is 32.2. The van der Waals surface area contributed by atoms with Gasteiger partial charge in [-0.15, -0.1) is 0 Å². The van der Waals surface area contributed by atoms with Gasteiger partial charge in [0, 0.05) is 45.8 Å². The quantitative estimate of drug-likeness (QED) is 0.714. The molecule has 0 atom stereocenters. The fraction of sp³-hybridized carbons (Fsp3) is 1.00. The molecule has 0 radical (unpaired) electrons. The van der Waals surface area contributed by atoms with Crippen molar-refractivity contribution in [2.45, 2.75) is 20.3 Å². The molecule has 0 spiro atoms. The highest BCUT2D eigenvalue weighted by Gasteiger charge is 2.29. The van der Waals surface area contributed by atoms with Crippen molar-refractivity contribution >= 4 is 10.2 Å².